The van der Waals surface area contributed by atoms with E-state index in [0.29, 0.717) is 0 Å². The van der Waals surface area contributed by atoms with Crippen molar-refractivity contribution in [3.63, 3.8) is 0 Å². The second-order valence-electron chi connectivity index (χ2n) is 2.79. The van der Waals surface area contributed by atoms with Gasteiger partial charge in [-0.1, -0.05) is 19.8 Å². The quantitative estimate of drug-likeness (QED) is 0.534. The maximum absolute atomic E-state index is 11.0. The fraction of sp³-hybridized carbons (Fsp3) is 1.00. The van der Waals surface area contributed by atoms with E-state index in [2.05, 4.69) is 6.92 Å². The smallest absolute Gasteiger partial charge is 0.104 e. The van der Waals surface area contributed by atoms with E-state index in [-0.39, 0.29) is 0 Å². The lowest BCUT2D eigenvalue weighted by atomic mass is 10.1. The standard InChI is InChI=1S/C7H13O/c1-2-3-4-7(8)5-6-7/h2-6H2,1H3. The summed E-state index contributed by atoms with van der Waals surface area (Å²) in [6, 6.07) is 0. The van der Waals surface area contributed by atoms with Crippen molar-refractivity contribution >= 4 is 0 Å². The van der Waals surface area contributed by atoms with Gasteiger partial charge in [0.15, 0.2) is 0 Å². The van der Waals surface area contributed by atoms with Gasteiger partial charge in [-0.2, -0.15) is 0 Å². The summed E-state index contributed by atoms with van der Waals surface area (Å²) < 4.78 is 0. The molecular formula is C7H13O. The molecule has 0 unspecified atom stereocenters. The van der Waals surface area contributed by atoms with Crippen molar-refractivity contribution in [2.45, 2.75) is 44.6 Å². The van der Waals surface area contributed by atoms with Crippen molar-refractivity contribution in [3.8, 4) is 0 Å². The lowest BCUT2D eigenvalue weighted by molar-refractivity contribution is 0.0550. The molecule has 0 amide bonds. The molecule has 0 aliphatic heterocycles. The Kier molecular flexibility index (Phi) is 1.57. The van der Waals surface area contributed by atoms with Crippen molar-refractivity contribution < 1.29 is 5.11 Å². The Hall–Kier alpha value is -0.0400. The maximum atomic E-state index is 11.0. The normalized spacial score (nSPS) is 23.2. The van der Waals surface area contributed by atoms with Gasteiger partial charge in [0.1, 0.15) is 5.60 Å². The zero-order valence-electron chi connectivity index (χ0n) is 5.44. The monoisotopic (exact) mass is 113 g/mol. The van der Waals surface area contributed by atoms with Crippen molar-refractivity contribution in [3.05, 3.63) is 0 Å². The van der Waals surface area contributed by atoms with Crippen LogP contribution in [0.2, 0.25) is 0 Å². The lowest BCUT2D eigenvalue weighted by Crippen LogP contribution is -2.02. The first kappa shape index (κ1) is 6.09. The second-order valence-corrected chi connectivity index (χ2v) is 2.79. The topological polar surface area (TPSA) is 19.9 Å². The Balaban J connectivity index is 2.01. The minimum atomic E-state index is -0.448. The minimum Gasteiger partial charge on any atom is -0.229 e. The highest BCUT2D eigenvalue weighted by Crippen LogP contribution is 2.40. The summed E-state index contributed by atoms with van der Waals surface area (Å²) in [6.45, 7) is 2.13. The van der Waals surface area contributed by atoms with E-state index in [1.807, 2.05) is 0 Å². The van der Waals surface area contributed by atoms with Gasteiger partial charge in [-0.15, -0.1) is 0 Å². The van der Waals surface area contributed by atoms with Crippen molar-refractivity contribution in [2.24, 2.45) is 0 Å². The summed E-state index contributed by atoms with van der Waals surface area (Å²) in [5, 5.41) is 11.0. The van der Waals surface area contributed by atoms with Gasteiger partial charge in [-0.25, -0.2) is 5.11 Å². The first-order chi connectivity index (χ1) is 3.77. The minimum absolute atomic E-state index is 0.448. The third kappa shape index (κ3) is 1.48. The molecule has 8 heavy (non-hydrogen) atoms. The van der Waals surface area contributed by atoms with Gasteiger partial charge < -0.3 is 0 Å². The van der Waals surface area contributed by atoms with E-state index in [1.54, 1.807) is 0 Å². The van der Waals surface area contributed by atoms with E-state index in [9.17, 15) is 5.11 Å². The van der Waals surface area contributed by atoms with E-state index in [4.69, 9.17) is 0 Å². The SMILES string of the molecule is CCCCC1([O])CC1. The molecule has 0 spiro atoms. The van der Waals surface area contributed by atoms with E-state index in [0.717, 1.165) is 25.7 Å². The van der Waals surface area contributed by atoms with Crippen molar-refractivity contribution in [1.82, 2.24) is 0 Å². The molecule has 1 nitrogen and oxygen atoms in total. The largest absolute Gasteiger partial charge is 0.229 e. The Morgan fingerprint density at radius 3 is 2.50 bits per heavy atom. The van der Waals surface area contributed by atoms with Crippen molar-refractivity contribution in [2.75, 3.05) is 0 Å². The van der Waals surface area contributed by atoms with Gasteiger partial charge in [-0.05, 0) is 19.3 Å². The molecular weight excluding hydrogens is 100 g/mol. The van der Waals surface area contributed by atoms with E-state index < -0.39 is 5.60 Å². The molecule has 0 bridgehead atoms. The Labute approximate surface area is 50.7 Å². The number of hydrogen-bond donors (Lipinski definition) is 0. The molecule has 1 rings (SSSR count). The van der Waals surface area contributed by atoms with Crippen LogP contribution in [0.25, 0.3) is 0 Å². The molecule has 1 heteroatoms. The van der Waals surface area contributed by atoms with Gasteiger partial charge in [0.2, 0.25) is 0 Å². The highest BCUT2D eigenvalue weighted by molar-refractivity contribution is 4.92. The molecule has 47 valence electrons. The summed E-state index contributed by atoms with van der Waals surface area (Å²) in [6.07, 6.45) is 5.09. The van der Waals surface area contributed by atoms with Gasteiger partial charge in [0, 0.05) is 0 Å². The van der Waals surface area contributed by atoms with Gasteiger partial charge in [-0.3, -0.25) is 0 Å². The van der Waals surface area contributed by atoms with Crippen LogP contribution in [0.5, 0.6) is 0 Å². The zero-order valence-corrected chi connectivity index (χ0v) is 5.44. The molecule has 1 aliphatic carbocycles. The molecule has 1 fully saturated rings. The first-order valence-electron chi connectivity index (χ1n) is 3.47. The third-order valence-corrected chi connectivity index (χ3v) is 1.79. The van der Waals surface area contributed by atoms with E-state index in [1.165, 1.54) is 6.42 Å². The molecule has 0 N–H and O–H groups in total. The van der Waals surface area contributed by atoms with Crippen LogP contribution < -0.4 is 0 Å². The average Bonchev–Trinajstić information content (AvgIpc) is 2.45. The van der Waals surface area contributed by atoms with Crippen LogP contribution in [0.1, 0.15) is 39.0 Å². The van der Waals surface area contributed by atoms with Crippen LogP contribution in [0.3, 0.4) is 0 Å². The van der Waals surface area contributed by atoms with Crippen LogP contribution in [0, 0.1) is 0 Å². The fourth-order valence-corrected chi connectivity index (χ4v) is 0.888. The molecule has 0 aromatic rings. The summed E-state index contributed by atoms with van der Waals surface area (Å²) in [7, 11) is 0. The number of unbranched alkanes of at least 4 members (excludes halogenated alkanes) is 1. The predicted octanol–water partition coefficient (Wildman–Crippen LogP) is 2.14. The molecule has 0 aromatic heterocycles. The predicted molar refractivity (Wildman–Crippen MR) is 32.2 cm³/mol. The Bertz CT molecular complexity index is 74.5. The van der Waals surface area contributed by atoms with Gasteiger partial charge in [0.05, 0.1) is 0 Å². The maximum Gasteiger partial charge on any atom is 0.104 e. The van der Waals surface area contributed by atoms with Gasteiger partial charge in [0.25, 0.3) is 0 Å². The first-order valence-corrected chi connectivity index (χ1v) is 3.47. The van der Waals surface area contributed by atoms with Crippen LogP contribution in [-0.2, 0) is 5.11 Å². The van der Waals surface area contributed by atoms with Crippen molar-refractivity contribution in [1.29, 1.82) is 0 Å². The number of hydrogen-bond acceptors (Lipinski definition) is 0. The molecule has 1 radical (unpaired) electrons. The van der Waals surface area contributed by atoms with E-state index >= 15 is 0 Å². The second kappa shape index (κ2) is 2.06. The van der Waals surface area contributed by atoms with Crippen LogP contribution >= 0.6 is 0 Å². The summed E-state index contributed by atoms with van der Waals surface area (Å²) in [4.78, 5) is 0. The number of rotatable bonds is 3. The third-order valence-electron chi connectivity index (χ3n) is 1.79. The summed E-state index contributed by atoms with van der Waals surface area (Å²) in [5.74, 6) is 0. The van der Waals surface area contributed by atoms with Gasteiger partial charge >= 0.3 is 0 Å². The highest BCUT2D eigenvalue weighted by Gasteiger charge is 2.41. The Morgan fingerprint density at radius 2 is 2.12 bits per heavy atom. The molecule has 0 atom stereocenters. The zero-order chi connectivity index (χ0) is 6.04. The van der Waals surface area contributed by atoms with Crippen LogP contribution in [-0.4, -0.2) is 5.60 Å². The lowest BCUT2D eigenvalue weighted by Gasteiger charge is -1.99. The highest BCUT2D eigenvalue weighted by atomic mass is 16.3. The molecule has 0 heterocycles. The Morgan fingerprint density at radius 1 is 1.50 bits per heavy atom. The molecule has 1 saturated carbocycles. The van der Waals surface area contributed by atoms with Crippen LogP contribution in [0.4, 0.5) is 0 Å². The summed E-state index contributed by atoms with van der Waals surface area (Å²) in [5.41, 5.74) is -0.448. The average molecular weight is 113 g/mol. The molecule has 1 aliphatic rings. The molecule has 0 aromatic carbocycles. The fourth-order valence-electron chi connectivity index (χ4n) is 0.888. The van der Waals surface area contributed by atoms with Crippen LogP contribution in [0.15, 0.2) is 0 Å². The molecule has 0 saturated heterocycles. The summed E-state index contributed by atoms with van der Waals surface area (Å²) >= 11 is 0.